The third kappa shape index (κ3) is 3.01. The molecular formula is C13H15BrN2O2S. The maximum Gasteiger partial charge on any atom is 0.267 e. The van der Waals surface area contributed by atoms with Crippen LogP contribution in [0.4, 0.5) is 0 Å². The van der Waals surface area contributed by atoms with Crippen LogP contribution >= 0.6 is 27.3 Å². The monoisotopic (exact) mass is 342 g/mol. The number of fused-ring (bicyclic) bond motifs is 1. The molecule has 3 rings (SSSR count). The second-order valence-corrected chi connectivity index (χ2v) is 7.24. The van der Waals surface area contributed by atoms with Crippen molar-refractivity contribution in [1.29, 1.82) is 0 Å². The summed E-state index contributed by atoms with van der Waals surface area (Å²) in [6.45, 7) is 2.30. The van der Waals surface area contributed by atoms with Crippen molar-refractivity contribution in [2.75, 3.05) is 19.8 Å². The Morgan fingerprint density at radius 3 is 3.21 bits per heavy atom. The summed E-state index contributed by atoms with van der Waals surface area (Å²) >= 11 is 5.03. The van der Waals surface area contributed by atoms with E-state index in [9.17, 15) is 4.79 Å². The number of hydrogen-bond acceptors (Lipinski definition) is 3. The van der Waals surface area contributed by atoms with Crippen LogP contribution in [-0.2, 0) is 4.74 Å². The van der Waals surface area contributed by atoms with E-state index in [2.05, 4.69) is 26.2 Å². The Balaban J connectivity index is 1.61. The third-order valence-electron chi connectivity index (χ3n) is 3.33. The number of amides is 1. The molecule has 1 amide bonds. The maximum absolute atomic E-state index is 12.0. The summed E-state index contributed by atoms with van der Waals surface area (Å²) in [5.41, 5.74) is 0.630. The van der Waals surface area contributed by atoms with Gasteiger partial charge in [-0.15, -0.1) is 11.3 Å². The molecular weight excluding hydrogens is 328 g/mol. The van der Waals surface area contributed by atoms with Crippen LogP contribution in [0.15, 0.2) is 15.9 Å². The number of rotatable bonds is 3. The molecule has 0 aliphatic carbocycles. The third-order valence-corrected chi connectivity index (χ3v) is 4.90. The Morgan fingerprint density at radius 2 is 2.47 bits per heavy atom. The van der Waals surface area contributed by atoms with Gasteiger partial charge in [0.25, 0.3) is 5.91 Å². The van der Waals surface area contributed by atoms with Gasteiger partial charge in [0, 0.05) is 18.5 Å². The van der Waals surface area contributed by atoms with Gasteiger partial charge >= 0.3 is 0 Å². The summed E-state index contributed by atoms with van der Waals surface area (Å²) in [5.74, 6) is 0.410. The van der Waals surface area contributed by atoms with E-state index < -0.39 is 0 Å². The van der Waals surface area contributed by atoms with E-state index in [0.717, 1.165) is 40.1 Å². The lowest BCUT2D eigenvalue weighted by Gasteiger charge is -2.21. The van der Waals surface area contributed by atoms with Gasteiger partial charge in [-0.05, 0) is 46.8 Å². The Bertz CT molecular complexity index is 555. The molecule has 1 aliphatic rings. The predicted molar refractivity (Wildman–Crippen MR) is 79.8 cm³/mol. The molecule has 3 heterocycles. The zero-order valence-corrected chi connectivity index (χ0v) is 12.8. The summed E-state index contributed by atoms with van der Waals surface area (Å²) in [6.07, 6.45) is 2.22. The molecule has 2 N–H and O–H groups in total. The largest absolute Gasteiger partial charge is 0.381 e. The van der Waals surface area contributed by atoms with Crippen LogP contribution in [0.3, 0.4) is 0 Å². The summed E-state index contributed by atoms with van der Waals surface area (Å²) in [5, 5.41) is 4.05. The van der Waals surface area contributed by atoms with Crippen LogP contribution in [-0.4, -0.2) is 30.6 Å². The number of H-pyrrole nitrogens is 1. The summed E-state index contributed by atoms with van der Waals surface area (Å²) in [6, 6.07) is 3.91. The minimum atomic E-state index is -0.0369. The topological polar surface area (TPSA) is 54.1 Å². The van der Waals surface area contributed by atoms with Crippen LogP contribution < -0.4 is 5.32 Å². The number of aromatic nitrogens is 1. The normalized spacial score (nSPS) is 19.7. The van der Waals surface area contributed by atoms with Crippen LogP contribution in [0, 0.1) is 5.92 Å². The van der Waals surface area contributed by atoms with E-state index in [1.54, 1.807) is 11.3 Å². The molecule has 0 bridgehead atoms. The fourth-order valence-corrected chi connectivity index (χ4v) is 3.83. The molecule has 4 nitrogen and oxygen atoms in total. The Hall–Kier alpha value is -0.850. The average molecular weight is 343 g/mol. The molecule has 0 aromatic carbocycles. The number of aromatic amines is 1. The van der Waals surface area contributed by atoms with Crippen molar-refractivity contribution in [1.82, 2.24) is 10.3 Å². The van der Waals surface area contributed by atoms with E-state index in [1.165, 1.54) is 0 Å². The second-order valence-electron chi connectivity index (χ2n) is 4.81. The zero-order valence-electron chi connectivity index (χ0n) is 10.4. The molecule has 0 spiro atoms. The molecule has 1 unspecified atom stereocenters. The van der Waals surface area contributed by atoms with Gasteiger partial charge in [0.05, 0.1) is 10.4 Å². The fraction of sp³-hybridized carbons (Fsp3) is 0.462. The Morgan fingerprint density at radius 1 is 1.58 bits per heavy atom. The van der Waals surface area contributed by atoms with Gasteiger partial charge in [0.2, 0.25) is 0 Å². The van der Waals surface area contributed by atoms with Crippen molar-refractivity contribution in [3.8, 4) is 0 Å². The van der Waals surface area contributed by atoms with Crippen LogP contribution in [0.5, 0.6) is 0 Å². The van der Waals surface area contributed by atoms with Crippen LogP contribution in [0.25, 0.3) is 10.2 Å². The number of hydrogen-bond donors (Lipinski definition) is 2. The molecule has 6 heteroatoms. The quantitative estimate of drug-likeness (QED) is 0.900. The molecule has 2 aromatic rings. The number of nitrogens with one attached hydrogen (secondary N) is 2. The zero-order chi connectivity index (χ0) is 13.2. The molecule has 2 aromatic heterocycles. The minimum Gasteiger partial charge on any atom is -0.381 e. The Labute approximate surface area is 123 Å². The average Bonchev–Trinajstić information content (AvgIpc) is 2.94. The smallest absolute Gasteiger partial charge is 0.267 e. The van der Waals surface area contributed by atoms with Crippen molar-refractivity contribution >= 4 is 43.4 Å². The van der Waals surface area contributed by atoms with Gasteiger partial charge < -0.3 is 15.0 Å². The summed E-state index contributed by atoms with van der Waals surface area (Å²) < 4.78 is 6.48. The molecule has 1 aliphatic heterocycles. The van der Waals surface area contributed by atoms with Crippen molar-refractivity contribution in [2.24, 2.45) is 5.92 Å². The molecule has 1 fully saturated rings. The molecule has 19 heavy (non-hydrogen) atoms. The van der Waals surface area contributed by atoms with E-state index in [0.29, 0.717) is 18.2 Å². The van der Waals surface area contributed by atoms with E-state index in [-0.39, 0.29) is 5.91 Å². The van der Waals surface area contributed by atoms with Crippen LogP contribution in [0.2, 0.25) is 0 Å². The highest BCUT2D eigenvalue weighted by atomic mass is 79.9. The van der Waals surface area contributed by atoms with Gasteiger partial charge in [-0.1, -0.05) is 0 Å². The SMILES string of the molecule is O=C(NCC1CCCOC1)c1cc2cc(Br)sc2[nH]1. The van der Waals surface area contributed by atoms with Crippen molar-refractivity contribution in [2.45, 2.75) is 12.8 Å². The highest BCUT2D eigenvalue weighted by Gasteiger charge is 2.16. The van der Waals surface area contributed by atoms with Crippen molar-refractivity contribution < 1.29 is 9.53 Å². The van der Waals surface area contributed by atoms with E-state index >= 15 is 0 Å². The first-order valence-electron chi connectivity index (χ1n) is 6.36. The lowest BCUT2D eigenvalue weighted by molar-refractivity contribution is 0.0536. The highest BCUT2D eigenvalue weighted by Crippen LogP contribution is 2.29. The van der Waals surface area contributed by atoms with Gasteiger partial charge in [-0.3, -0.25) is 4.79 Å². The highest BCUT2D eigenvalue weighted by molar-refractivity contribution is 9.11. The van der Waals surface area contributed by atoms with Crippen molar-refractivity contribution in [3.63, 3.8) is 0 Å². The van der Waals surface area contributed by atoms with Crippen LogP contribution in [0.1, 0.15) is 23.3 Å². The van der Waals surface area contributed by atoms with E-state index in [4.69, 9.17) is 4.74 Å². The predicted octanol–water partition coefficient (Wildman–Crippen LogP) is 3.15. The summed E-state index contributed by atoms with van der Waals surface area (Å²) in [7, 11) is 0. The first-order valence-corrected chi connectivity index (χ1v) is 7.97. The first kappa shape index (κ1) is 13.1. The lowest BCUT2D eigenvalue weighted by Crippen LogP contribution is -2.33. The molecule has 0 radical (unpaired) electrons. The lowest BCUT2D eigenvalue weighted by atomic mass is 10.0. The van der Waals surface area contributed by atoms with E-state index in [1.807, 2.05) is 12.1 Å². The molecule has 1 saturated heterocycles. The number of ether oxygens (including phenoxy) is 1. The number of halogens is 1. The first-order chi connectivity index (χ1) is 9.22. The van der Waals surface area contributed by atoms with Gasteiger partial charge in [0.1, 0.15) is 10.5 Å². The maximum atomic E-state index is 12.0. The summed E-state index contributed by atoms with van der Waals surface area (Å²) in [4.78, 5) is 16.2. The Kier molecular flexibility index (Phi) is 3.91. The number of carbonyl (C=O) groups excluding carboxylic acids is 1. The van der Waals surface area contributed by atoms with Gasteiger partial charge in [-0.25, -0.2) is 0 Å². The molecule has 102 valence electrons. The van der Waals surface area contributed by atoms with Gasteiger partial charge in [0.15, 0.2) is 0 Å². The van der Waals surface area contributed by atoms with Gasteiger partial charge in [-0.2, -0.15) is 0 Å². The number of thiophene rings is 1. The standard InChI is InChI=1S/C13H15BrN2O2S/c14-11-5-9-4-10(16-13(9)19-11)12(17)15-6-8-2-1-3-18-7-8/h4-5,8,16H,1-3,6-7H2,(H,15,17). The molecule has 1 atom stereocenters. The fourth-order valence-electron chi connectivity index (χ4n) is 2.32. The minimum absolute atomic E-state index is 0.0369. The van der Waals surface area contributed by atoms with Crippen molar-refractivity contribution in [3.05, 3.63) is 21.6 Å². The molecule has 0 saturated carbocycles. The number of carbonyl (C=O) groups is 1. The second kappa shape index (κ2) is 5.64.